The zero-order chi connectivity index (χ0) is 41.3. The molecule has 0 N–H and O–H groups in total. The number of benzene rings is 3. The molecule has 4 aliphatic carbocycles. The molecule has 3 aromatic rings. The van der Waals surface area contributed by atoms with Gasteiger partial charge in [-0.25, -0.2) is 65.9 Å². The number of hydrogen-bond donors (Lipinski definition) is 0. The fourth-order valence-electron chi connectivity index (χ4n) is 7.36. The molecule has 0 heterocycles. The van der Waals surface area contributed by atoms with Gasteiger partial charge in [0.05, 0.1) is 8.07 Å². The molecule has 4 aliphatic rings. The first-order valence-corrected chi connectivity index (χ1v) is 19.3. The van der Waals surface area contributed by atoms with E-state index in [-0.39, 0.29) is 40.5 Å². The predicted molar refractivity (Wildman–Crippen MR) is 186 cm³/mol. The molecule has 3 aromatic carbocycles. The van der Waals surface area contributed by atoms with Crippen LogP contribution >= 0.6 is 0 Å². The third-order valence-corrected chi connectivity index (χ3v) is 13.7. The molecule has 0 atom stereocenters. The number of rotatable bonds is 5. The second-order valence-corrected chi connectivity index (χ2v) is 17.9. The Balaban J connectivity index is 0.000000275. The van der Waals surface area contributed by atoms with Gasteiger partial charge in [0.25, 0.3) is 0 Å². The Labute approximate surface area is 345 Å². The fraction of sp³-hybridized carbons (Fsp3) is 0.0750. The summed E-state index contributed by atoms with van der Waals surface area (Å²) in [5.41, 5.74) is -4.79. The number of fused-ring (bicyclic) bond motifs is 2. The monoisotopic (exact) mass is 918 g/mol. The van der Waals surface area contributed by atoms with Gasteiger partial charge in [-0.2, -0.15) is 6.82 Å². The van der Waals surface area contributed by atoms with E-state index >= 15 is 0 Å². The molecule has 0 aliphatic heterocycles. The van der Waals surface area contributed by atoms with E-state index in [9.17, 15) is 65.9 Å². The maximum atomic E-state index is 14.6. The van der Waals surface area contributed by atoms with Crippen molar-refractivity contribution in [3.63, 3.8) is 0 Å². The Kier molecular flexibility index (Phi) is 14.2. The van der Waals surface area contributed by atoms with E-state index in [1.807, 2.05) is 0 Å². The van der Waals surface area contributed by atoms with E-state index in [1.165, 1.54) is 23.7 Å². The third-order valence-electron chi connectivity index (χ3n) is 10.2. The van der Waals surface area contributed by atoms with Crippen LogP contribution in [0.25, 0.3) is 0 Å². The van der Waals surface area contributed by atoms with Gasteiger partial charge < -0.3 is 7.43 Å². The molecule has 10 radical (unpaired) electrons. The van der Waals surface area contributed by atoms with Crippen molar-refractivity contribution in [2.45, 2.75) is 19.9 Å². The molecule has 0 amide bonds. The minimum absolute atomic E-state index is 0. The van der Waals surface area contributed by atoms with E-state index in [1.54, 1.807) is 11.1 Å². The maximum absolute atomic E-state index is 14.6. The van der Waals surface area contributed by atoms with Gasteiger partial charge in [-0.05, 0) is 36.8 Å². The van der Waals surface area contributed by atoms with Gasteiger partial charge in [0, 0.05) is 23.7 Å². The Morgan fingerprint density at radius 2 is 0.586 bits per heavy atom. The summed E-state index contributed by atoms with van der Waals surface area (Å²) in [6.45, 7) is 4.72. The predicted octanol–water partition coefficient (Wildman–Crippen LogP) is 9.64. The molecule has 18 heteroatoms. The first-order chi connectivity index (χ1) is 26.2. The van der Waals surface area contributed by atoms with Crippen molar-refractivity contribution >= 4 is 30.6 Å². The van der Waals surface area contributed by atoms with Crippen LogP contribution in [0.15, 0.2) is 48.6 Å². The van der Waals surface area contributed by atoms with Gasteiger partial charge in [0.2, 0.25) is 0 Å². The summed E-state index contributed by atoms with van der Waals surface area (Å²) in [4.78, 5) is 0. The molecular formula is C40H24BF15SiZr+2. The second kappa shape index (κ2) is 17.4. The minimum Gasteiger partial charge on any atom is -0.358 e. The quantitative estimate of drug-likeness (QED) is 0.0787. The zero-order valence-electron chi connectivity index (χ0n) is 30.2. The molecule has 0 saturated heterocycles. The summed E-state index contributed by atoms with van der Waals surface area (Å²) in [5, 5.41) is 0. The van der Waals surface area contributed by atoms with Crippen molar-refractivity contribution in [3.8, 4) is 0 Å². The van der Waals surface area contributed by atoms with Crippen LogP contribution < -0.4 is 16.4 Å². The molecule has 0 unspecified atom stereocenters. The minimum atomic E-state index is -5.41. The van der Waals surface area contributed by atoms with Gasteiger partial charge in [-0.1, -0.05) is 61.7 Å². The van der Waals surface area contributed by atoms with Crippen LogP contribution in [0.5, 0.6) is 0 Å². The smallest absolute Gasteiger partial charge is 0.358 e. The van der Waals surface area contributed by atoms with E-state index < -0.39 is 118 Å². The maximum Gasteiger partial charge on any atom is 4.00 e. The summed E-state index contributed by atoms with van der Waals surface area (Å²) in [5.74, 6) is -39.5. The SMILES string of the molecule is C[B-](c1c(F)c(F)c(F)c(F)c1F)(c1c(F)c(F)c(F)c(F)c1F)c1c(F)c(F)c(F)c(F)c1F.C[Si](C)([C]1[CH][CH][C]2C=CC=C[C]21)[C]1[CH][CH][C]2C=CC=C[C]21.[CH3-].[Zr+4]. The molecule has 58 heavy (non-hydrogen) atoms. The number of allylic oxidation sites excluding steroid dienone is 8. The van der Waals surface area contributed by atoms with Crippen molar-refractivity contribution in [1.82, 2.24) is 0 Å². The summed E-state index contributed by atoms with van der Waals surface area (Å²) >= 11 is 0. The largest absolute Gasteiger partial charge is 4.00 e. The Hall–Kier alpha value is -3.27. The normalized spacial score (nSPS) is 17.6. The van der Waals surface area contributed by atoms with Gasteiger partial charge >= 0.3 is 26.2 Å². The summed E-state index contributed by atoms with van der Waals surface area (Å²) in [6, 6.07) is 0. The van der Waals surface area contributed by atoms with Crippen molar-refractivity contribution in [1.29, 1.82) is 0 Å². The standard InChI is InChI=1S/C20H18Si.C19H3BF15.CH3.Zr/c1-21(2,19-13-11-15-7-3-5-9-17(15)19)20-14-12-16-8-4-6-10-18(16)20;1-20(2-5(21)11(27)17(33)12(28)6(2)22,3-7(23)13(29)18(34)14(30)8(3)24)4-9(25)15(31)19(35)16(32)10(4)26;;/h3-14H,1-2H3;1H3;1H3;/q;2*-1;+4. The summed E-state index contributed by atoms with van der Waals surface area (Å²) in [6.07, 6.45) is 21.3. The Morgan fingerprint density at radius 3 is 0.845 bits per heavy atom. The average molecular weight is 920 g/mol. The van der Waals surface area contributed by atoms with Crippen molar-refractivity contribution in [2.75, 3.05) is 0 Å². The molecular weight excluding hydrogens is 896 g/mol. The van der Waals surface area contributed by atoms with Gasteiger partial charge in [0.1, 0.15) is 41.0 Å². The van der Waals surface area contributed by atoms with Gasteiger partial charge in [-0.3, -0.25) is 0 Å². The van der Waals surface area contributed by atoms with Crippen molar-refractivity contribution in [3.05, 3.63) is 204 Å². The number of halogens is 15. The van der Waals surface area contributed by atoms with E-state index in [0.29, 0.717) is 0 Å². The van der Waals surface area contributed by atoms with Crippen LogP contribution in [0.1, 0.15) is 0 Å². The van der Waals surface area contributed by atoms with Crippen molar-refractivity contribution < 1.29 is 92.1 Å². The zero-order valence-corrected chi connectivity index (χ0v) is 33.6. The topological polar surface area (TPSA) is 0 Å². The Morgan fingerprint density at radius 1 is 0.362 bits per heavy atom. The summed E-state index contributed by atoms with van der Waals surface area (Å²) in [7, 11) is -1.68. The van der Waals surface area contributed by atoms with Crippen LogP contribution in [0.4, 0.5) is 65.9 Å². The second-order valence-electron chi connectivity index (χ2n) is 13.5. The van der Waals surface area contributed by atoms with Crippen LogP contribution in [0.3, 0.4) is 0 Å². The average Bonchev–Trinajstić information content (AvgIpc) is 3.83. The molecule has 0 nitrogen and oxygen atoms in total. The molecule has 0 spiro atoms. The van der Waals surface area contributed by atoms with Crippen LogP contribution in [-0.4, -0.2) is 14.2 Å². The van der Waals surface area contributed by atoms with Crippen LogP contribution in [0.2, 0.25) is 19.9 Å². The Bertz CT molecular complexity index is 1940. The molecule has 298 valence electrons. The van der Waals surface area contributed by atoms with Crippen molar-refractivity contribution in [2.24, 2.45) is 0 Å². The molecule has 2 saturated carbocycles. The number of hydrogen-bond acceptors (Lipinski definition) is 0. The van der Waals surface area contributed by atoms with E-state index in [2.05, 4.69) is 87.4 Å². The molecule has 0 aromatic heterocycles. The van der Waals surface area contributed by atoms with E-state index in [0.717, 1.165) is 0 Å². The van der Waals surface area contributed by atoms with Gasteiger partial charge in [0.15, 0.2) is 52.4 Å². The van der Waals surface area contributed by atoms with Gasteiger partial charge in [-0.15, -0.1) is 16.4 Å². The molecule has 7 rings (SSSR count). The first-order valence-electron chi connectivity index (χ1n) is 16.3. The van der Waals surface area contributed by atoms with E-state index in [4.69, 9.17) is 0 Å². The van der Waals surface area contributed by atoms with Crippen LogP contribution in [0, 0.1) is 155 Å². The fourth-order valence-corrected chi connectivity index (χ4v) is 10.4. The first kappa shape index (κ1) is 47.4. The summed E-state index contributed by atoms with van der Waals surface area (Å²) < 4.78 is 212. The molecule has 2 fully saturated rings. The molecule has 0 bridgehead atoms. The third kappa shape index (κ3) is 7.33. The van der Waals surface area contributed by atoms with Crippen LogP contribution in [-0.2, 0) is 26.2 Å².